The summed E-state index contributed by atoms with van der Waals surface area (Å²) >= 11 is 0. The summed E-state index contributed by atoms with van der Waals surface area (Å²) in [6.07, 6.45) is 13.9. The Kier molecular flexibility index (Phi) is 6.25. The van der Waals surface area contributed by atoms with Crippen LogP contribution in [0.15, 0.2) is 12.1 Å². The van der Waals surface area contributed by atoms with Crippen molar-refractivity contribution in [2.75, 3.05) is 11.4 Å². The molecular weight excluding hydrogens is 456 g/mol. The maximum Gasteiger partial charge on any atom is 0.226 e. The van der Waals surface area contributed by atoms with Crippen LogP contribution < -0.4 is 4.90 Å². The molecule has 0 spiro atoms. The molecule has 4 saturated carbocycles. The molecule has 8 unspecified atom stereocenters. The second kappa shape index (κ2) is 9.06. The number of rotatable bonds is 4. The molecule has 36 heavy (non-hydrogen) atoms. The summed E-state index contributed by atoms with van der Waals surface area (Å²) in [4.78, 5) is 14.7. The van der Waals surface area contributed by atoms with E-state index in [1.165, 1.54) is 51.4 Å². The van der Waals surface area contributed by atoms with Crippen molar-refractivity contribution in [2.45, 2.75) is 103 Å². The Hall–Kier alpha value is -1.49. The van der Waals surface area contributed by atoms with Crippen LogP contribution in [0, 0.1) is 52.1 Å². The number of amides is 1. The molecule has 198 valence electrons. The van der Waals surface area contributed by atoms with Gasteiger partial charge in [0, 0.05) is 18.5 Å². The lowest BCUT2D eigenvalue weighted by molar-refractivity contribution is -0.162. The van der Waals surface area contributed by atoms with Crippen LogP contribution in [-0.2, 0) is 11.2 Å². The van der Waals surface area contributed by atoms with Gasteiger partial charge in [-0.2, -0.15) is 0 Å². The highest BCUT2D eigenvalue weighted by molar-refractivity contribution is 5.95. The molecular formula is C31H43F2NO2. The van der Waals surface area contributed by atoms with E-state index in [1.54, 1.807) is 11.0 Å². The lowest BCUT2D eigenvalue weighted by Gasteiger charge is -2.62. The zero-order chi connectivity index (χ0) is 25.2. The summed E-state index contributed by atoms with van der Waals surface area (Å²) in [5.41, 5.74) is 1.57. The summed E-state index contributed by atoms with van der Waals surface area (Å²) in [7, 11) is 0. The van der Waals surface area contributed by atoms with Crippen LogP contribution >= 0.6 is 0 Å². The Balaban J connectivity index is 1.10. The molecule has 4 aliphatic carbocycles. The topological polar surface area (TPSA) is 40.5 Å². The van der Waals surface area contributed by atoms with Crippen LogP contribution in [0.3, 0.4) is 0 Å². The maximum absolute atomic E-state index is 14.1. The van der Waals surface area contributed by atoms with Gasteiger partial charge in [-0.1, -0.05) is 26.7 Å². The first kappa shape index (κ1) is 24.8. The van der Waals surface area contributed by atoms with E-state index in [0.29, 0.717) is 65.6 Å². The number of carbonyl (C=O) groups is 1. The largest absolute Gasteiger partial charge is 0.393 e. The van der Waals surface area contributed by atoms with E-state index < -0.39 is 11.6 Å². The Morgan fingerprint density at radius 2 is 1.86 bits per heavy atom. The van der Waals surface area contributed by atoms with E-state index in [4.69, 9.17) is 0 Å². The predicted octanol–water partition coefficient (Wildman–Crippen LogP) is 7.04. The van der Waals surface area contributed by atoms with E-state index in [1.807, 2.05) is 0 Å². The SMILES string of the molecule is CC12CCC3C(C(O)CC4CCCCC43C)C1CCC2CCCC(=O)N1CCc2c1ccc(F)c2F. The molecule has 0 aromatic heterocycles. The number of fused-ring (bicyclic) bond motifs is 6. The van der Waals surface area contributed by atoms with Crippen LogP contribution in [0.1, 0.15) is 96.5 Å². The Bertz CT molecular complexity index is 1030. The number of halogens is 2. The average molecular weight is 500 g/mol. The highest BCUT2D eigenvalue weighted by Gasteiger charge is 2.61. The second-order valence-corrected chi connectivity index (χ2v) is 13.4. The van der Waals surface area contributed by atoms with Gasteiger partial charge in [-0.05, 0) is 117 Å². The van der Waals surface area contributed by atoms with E-state index in [-0.39, 0.29) is 17.4 Å². The quantitative estimate of drug-likeness (QED) is 0.482. The van der Waals surface area contributed by atoms with Gasteiger partial charge < -0.3 is 10.0 Å². The highest BCUT2D eigenvalue weighted by Crippen LogP contribution is 2.67. The Labute approximate surface area is 215 Å². The van der Waals surface area contributed by atoms with E-state index in [0.717, 1.165) is 25.3 Å². The molecule has 1 aliphatic heterocycles. The predicted molar refractivity (Wildman–Crippen MR) is 137 cm³/mol. The summed E-state index contributed by atoms with van der Waals surface area (Å²) in [5, 5.41) is 11.4. The molecule has 1 amide bonds. The number of benzene rings is 1. The van der Waals surface area contributed by atoms with Gasteiger partial charge in [0.15, 0.2) is 11.6 Å². The number of hydrogen-bond acceptors (Lipinski definition) is 2. The molecule has 1 aromatic carbocycles. The fourth-order valence-corrected chi connectivity index (χ4v) is 10.1. The Morgan fingerprint density at radius 1 is 1.06 bits per heavy atom. The van der Waals surface area contributed by atoms with Gasteiger partial charge in [0.05, 0.1) is 11.8 Å². The summed E-state index contributed by atoms with van der Waals surface area (Å²) in [5.74, 6) is 1.43. The van der Waals surface area contributed by atoms with Gasteiger partial charge in [0.25, 0.3) is 0 Å². The summed E-state index contributed by atoms with van der Waals surface area (Å²) < 4.78 is 27.7. The first-order valence-electron chi connectivity index (χ1n) is 14.7. The number of anilines is 1. The summed E-state index contributed by atoms with van der Waals surface area (Å²) in [6, 6.07) is 2.68. The lowest BCUT2D eigenvalue weighted by atomic mass is 9.44. The normalized spacial score (nSPS) is 41.4. The van der Waals surface area contributed by atoms with E-state index in [2.05, 4.69) is 13.8 Å². The zero-order valence-electron chi connectivity index (χ0n) is 22.1. The average Bonchev–Trinajstić information content (AvgIpc) is 3.43. The van der Waals surface area contributed by atoms with Gasteiger partial charge in [-0.3, -0.25) is 4.79 Å². The van der Waals surface area contributed by atoms with E-state index in [9.17, 15) is 18.7 Å². The van der Waals surface area contributed by atoms with Crippen LogP contribution in [0.5, 0.6) is 0 Å². The second-order valence-electron chi connectivity index (χ2n) is 13.4. The number of aliphatic hydroxyl groups excluding tert-OH is 1. The zero-order valence-corrected chi connectivity index (χ0v) is 22.1. The molecule has 1 N–H and O–H groups in total. The third-order valence-corrected chi connectivity index (χ3v) is 12.1. The molecule has 0 radical (unpaired) electrons. The van der Waals surface area contributed by atoms with Crippen molar-refractivity contribution >= 4 is 11.6 Å². The molecule has 0 saturated heterocycles. The number of nitrogens with zero attached hydrogens (tertiary/aromatic N) is 1. The fourth-order valence-electron chi connectivity index (χ4n) is 10.1. The third-order valence-electron chi connectivity index (χ3n) is 12.1. The number of carbonyl (C=O) groups excluding carboxylic acids is 1. The van der Waals surface area contributed by atoms with Crippen LogP contribution in [0.2, 0.25) is 0 Å². The monoisotopic (exact) mass is 499 g/mol. The minimum Gasteiger partial charge on any atom is -0.393 e. The molecule has 4 fully saturated rings. The van der Waals surface area contributed by atoms with Crippen molar-refractivity contribution in [3.63, 3.8) is 0 Å². The van der Waals surface area contributed by atoms with Gasteiger partial charge in [-0.15, -0.1) is 0 Å². The molecule has 6 rings (SSSR count). The summed E-state index contributed by atoms with van der Waals surface area (Å²) in [6.45, 7) is 5.49. The first-order valence-corrected chi connectivity index (χ1v) is 14.7. The van der Waals surface area contributed by atoms with Crippen molar-refractivity contribution in [1.82, 2.24) is 0 Å². The number of hydrogen-bond donors (Lipinski definition) is 1. The Morgan fingerprint density at radius 3 is 2.69 bits per heavy atom. The van der Waals surface area contributed by atoms with Gasteiger partial charge in [-0.25, -0.2) is 8.78 Å². The van der Waals surface area contributed by atoms with Crippen molar-refractivity contribution < 1.29 is 18.7 Å². The lowest BCUT2D eigenvalue weighted by Crippen LogP contribution is -2.57. The van der Waals surface area contributed by atoms with Crippen molar-refractivity contribution in [3.05, 3.63) is 29.3 Å². The molecule has 1 heterocycles. The fraction of sp³-hybridized carbons (Fsp3) is 0.774. The van der Waals surface area contributed by atoms with Crippen LogP contribution in [-0.4, -0.2) is 23.7 Å². The minimum atomic E-state index is -0.835. The van der Waals surface area contributed by atoms with Crippen LogP contribution in [0.4, 0.5) is 14.5 Å². The highest BCUT2D eigenvalue weighted by atomic mass is 19.2. The standard InChI is InChI=1S/C31H43F2NO2/c1-30-15-4-3-6-20(30)18-26(35)28-22-10-9-19(31(22,2)16-13-23(28)30)7-5-8-27(36)34-17-14-21-25(34)12-11-24(32)29(21)33/h11-12,19-20,22-23,26,28,35H,3-10,13-18H2,1-2H3. The van der Waals surface area contributed by atoms with E-state index >= 15 is 0 Å². The van der Waals surface area contributed by atoms with Gasteiger partial charge in [0.2, 0.25) is 5.91 Å². The molecule has 0 bridgehead atoms. The molecule has 3 nitrogen and oxygen atoms in total. The van der Waals surface area contributed by atoms with Gasteiger partial charge >= 0.3 is 0 Å². The van der Waals surface area contributed by atoms with Crippen molar-refractivity contribution in [1.29, 1.82) is 0 Å². The molecule has 5 aliphatic rings. The van der Waals surface area contributed by atoms with Crippen molar-refractivity contribution in [2.24, 2.45) is 40.4 Å². The molecule has 8 atom stereocenters. The van der Waals surface area contributed by atoms with Crippen LogP contribution in [0.25, 0.3) is 0 Å². The minimum absolute atomic E-state index is 0.0298. The molecule has 5 heteroatoms. The smallest absolute Gasteiger partial charge is 0.226 e. The third kappa shape index (κ3) is 3.69. The maximum atomic E-state index is 14.1. The van der Waals surface area contributed by atoms with Crippen molar-refractivity contribution in [3.8, 4) is 0 Å². The van der Waals surface area contributed by atoms with Gasteiger partial charge in [0.1, 0.15) is 0 Å². The first-order chi connectivity index (χ1) is 17.2. The number of aliphatic hydroxyl groups is 1. The molecule has 1 aromatic rings.